The number of piperidine rings is 1. The number of carbonyl (C=O) groups excluding carboxylic acids is 1. The fourth-order valence-electron chi connectivity index (χ4n) is 3.96. The van der Waals surface area contributed by atoms with Crippen molar-refractivity contribution in [2.45, 2.75) is 45.6 Å². The molecule has 1 aliphatic heterocycles. The Labute approximate surface area is 183 Å². The lowest BCUT2D eigenvalue weighted by molar-refractivity contribution is -0.121. The van der Waals surface area contributed by atoms with Gasteiger partial charge < -0.3 is 9.84 Å². The maximum Gasteiger partial charge on any atom is 0.229 e. The molecule has 4 rings (SSSR count). The van der Waals surface area contributed by atoms with Crippen molar-refractivity contribution in [2.24, 2.45) is 5.92 Å². The molecule has 0 aliphatic carbocycles. The first-order valence-corrected chi connectivity index (χ1v) is 11.1. The summed E-state index contributed by atoms with van der Waals surface area (Å²) in [6, 6.07) is 18.3. The van der Waals surface area contributed by atoms with Gasteiger partial charge in [0.2, 0.25) is 11.8 Å². The van der Waals surface area contributed by atoms with E-state index in [4.69, 9.17) is 4.52 Å². The number of amides is 1. The third-order valence-corrected chi connectivity index (χ3v) is 5.69. The summed E-state index contributed by atoms with van der Waals surface area (Å²) in [6.07, 6.45) is 2.60. The lowest BCUT2D eigenvalue weighted by Crippen LogP contribution is -2.40. The number of likely N-dealkylation sites (tertiary alicyclic amines) is 1. The van der Waals surface area contributed by atoms with Crippen LogP contribution in [-0.4, -0.2) is 34.0 Å². The van der Waals surface area contributed by atoms with Crippen LogP contribution in [0.3, 0.4) is 0 Å². The van der Waals surface area contributed by atoms with Crippen molar-refractivity contribution in [1.82, 2.24) is 15.0 Å². The number of benzene rings is 2. The van der Waals surface area contributed by atoms with Gasteiger partial charge in [0.15, 0.2) is 5.82 Å². The molecule has 0 saturated carbocycles. The average Bonchev–Trinajstić information content (AvgIpc) is 3.25. The number of rotatable bonds is 7. The van der Waals surface area contributed by atoms with Gasteiger partial charge in [-0.1, -0.05) is 61.5 Å². The van der Waals surface area contributed by atoms with Crippen molar-refractivity contribution in [3.63, 3.8) is 0 Å². The SMILES string of the molecule is CC(C)c1nc(Cc2ccc(NC(=O)[C@H]3CCCN(Cc4ccccc4)C3)cc2)no1. The van der Waals surface area contributed by atoms with E-state index in [-0.39, 0.29) is 17.7 Å². The van der Waals surface area contributed by atoms with Crippen LogP contribution in [0.25, 0.3) is 0 Å². The Balaban J connectivity index is 1.30. The largest absolute Gasteiger partial charge is 0.339 e. The first kappa shape index (κ1) is 21.2. The zero-order valence-electron chi connectivity index (χ0n) is 18.3. The molecule has 1 fully saturated rings. The van der Waals surface area contributed by atoms with E-state index < -0.39 is 0 Å². The lowest BCUT2D eigenvalue weighted by Gasteiger charge is -2.32. The van der Waals surface area contributed by atoms with Gasteiger partial charge in [0, 0.05) is 31.1 Å². The molecule has 1 N–H and O–H groups in total. The highest BCUT2D eigenvalue weighted by atomic mass is 16.5. The monoisotopic (exact) mass is 418 g/mol. The van der Waals surface area contributed by atoms with Crippen LogP contribution in [0.15, 0.2) is 59.1 Å². The van der Waals surface area contributed by atoms with Crippen LogP contribution in [0.1, 0.15) is 55.4 Å². The van der Waals surface area contributed by atoms with E-state index in [0.717, 1.165) is 43.7 Å². The second kappa shape index (κ2) is 9.88. The van der Waals surface area contributed by atoms with Gasteiger partial charge >= 0.3 is 0 Å². The lowest BCUT2D eigenvalue weighted by atomic mass is 9.96. The number of hydrogen-bond donors (Lipinski definition) is 1. The molecule has 1 aromatic heterocycles. The minimum absolute atomic E-state index is 0.0194. The Morgan fingerprint density at radius 2 is 1.90 bits per heavy atom. The van der Waals surface area contributed by atoms with Crippen molar-refractivity contribution < 1.29 is 9.32 Å². The van der Waals surface area contributed by atoms with Crippen LogP contribution in [0.2, 0.25) is 0 Å². The molecule has 0 spiro atoms. The molecule has 6 heteroatoms. The second-order valence-corrected chi connectivity index (χ2v) is 8.63. The minimum Gasteiger partial charge on any atom is -0.339 e. The van der Waals surface area contributed by atoms with Crippen molar-refractivity contribution in [1.29, 1.82) is 0 Å². The molecule has 2 heterocycles. The summed E-state index contributed by atoms with van der Waals surface area (Å²) in [6.45, 7) is 6.80. The standard InChI is InChI=1S/C25H30N4O2/c1-18(2)25-27-23(28-31-25)15-19-10-12-22(13-11-19)26-24(30)21-9-6-14-29(17-21)16-20-7-4-3-5-8-20/h3-5,7-8,10-13,18,21H,6,9,14-17H2,1-2H3,(H,26,30)/t21-/m0/s1. The molecular weight excluding hydrogens is 388 g/mol. The Morgan fingerprint density at radius 1 is 1.13 bits per heavy atom. The van der Waals surface area contributed by atoms with E-state index in [1.165, 1.54) is 5.56 Å². The number of hydrogen-bond acceptors (Lipinski definition) is 5. The highest BCUT2D eigenvalue weighted by molar-refractivity contribution is 5.92. The van der Waals surface area contributed by atoms with E-state index in [0.29, 0.717) is 18.1 Å². The van der Waals surface area contributed by atoms with Gasteiger partial charge in [0.05, 0.1) is 5.92 Å². The number of anilines is 1. The average molecular weight is 419 g/mol. The maximum absolute atomic E-state index is 12.8. The third kappa shape index (κ3) is 5.79. The van der Waals surface area contributed by atoms with Crippen LogP contribution in [-0.2, 0) is 17.8 Å². The summed E-state index contributed by atoms with van der Waals surface area (Å²) in [7, 11) is 0. The molecule has 0 unspecified atom stereocenters. The molecule has 1 saturated heterocycles. The summed E-state index contributed by atoms with van der Waals surface area (Å²) in [4.78, 5) is 19.6. The molecular formula is C25H30N4O2. The van der Waals surface area contributed by atoms with Crippen LogP contribution >= 0.6 is 0 Å². The number of nitrogens with one attached hydrogen (secondary N) is 1. The fraction of sp³-hybridized carbons (Fsp3) is 0.400. The summed E-state index contributed by atoms with van der Waals surface area (Å²) < 4.78 is 5.27. The molecule has 1 amide bonds. The smallest absolute Gasteiger partial charge is 0.229 e. The van der Waals surface area contributed by atoms with Gasteiger partial charge in [-0.3, -0.25) is 9.69 Å². The normalized spacial score (nSPS) is 17.1. The van der Waals surface area contributed by atoms with E-state index in [1.54, 1.807) is 0 Å². The number of aromatic nitrogens is 2. The molecule has 1 aliphatic rings. The van der Waals surface area contributed by atoms with Crippen molar-refractivity contribution in [2.75, 3.05) is 18.4 Å². The topological polar surface area (TPSA) is 71.3 Å². The first-order chi connectivity index (χ1) is 15.1. The quantitative estimate of drug-likeness (QED) is 0.605. The van der Waals surface area contributed by atoms with Crippen LogP contribution in [0.4, 0.5) is 5.69 Å². The third-order valence-electron chi connectivity index (χ3n) is 5.69. The van der Waals surface area contributed by atoms with Gasteiger partial charge in [-0.05, 0) is 42.6 Å². The Hall–Kier alpha value is -2.99. The highest BCUT2D eigenvalue weighted by Gasteiger charge is 2.25. The Morgan fingerprint density at radius 3 is 2.61 bits per heavy atom. The summed E-state index contributed by atoms with van der Waals surface area (Å²) in [5.41, 5.74) is 3.20. The van der Waals surface area contributed by atoms with Crippen molar-refractivity contribution >= 4 is 11.6 Å². The van der Waals surface area contributed by atoms with Gasteiger partial charge in [-0.15, -0.1) is 0 Å². The molecule has 31 heavy (non-hydrogen) atoms. The number of nitrogens with zero attached hydrogens (tertiary/aromatic N) is 3. The molecule has 2 aromatic carbocycles. The van der Waals surface area contributed by atoms with Crippen molar-refractivity contribution in [3.8, 4) is 0 Å². The predicted octanol–water partition coefficient (Wildman–Crippen LogP) is 4.63. The van der Waals surface area contributed by atoms with Gasteiger partial charge in [-0.2, -0.15) is 4.98 Å². The zero-order chi connectivity index (χ0) is 21.6. The highest BCUT2D eigenvalue weighted by Crippen LogP contribution is 2.21. The Bertz CT molecular complexity index is 982. The summed E-state index contributed by atoms with van der Waals surface area (Å²) >= 11 is 0. The van der Waals surface area contributed by atoms with Gasteiger partial charge in [-0.25, -0.2) is 0 Å². The van der Waals surface area contributed by atoms with Gasteiger partial charge in [0.1, 0.15) is 0 Å². The van der Waals surface area contributed by atoms with E-state index >= 15 is 0 Å². The summed E-state index contributed by atoms with van der Waals surface area (Å²) in [5.74, 6) is 1.69. The fourth-order valence-corrected chi connectivity index (χ4v) is 3.96. The molecule has 0 bridgehead atoms. The van der Waals surface area contributed by atoms with Crippen LogP contribution in [0.5, 0.6) is 0 Å². The summed E-state index contributed by atoms with van der Waals surface area (Å²) in [5, 5.41) is 7.13. The van der Waals surface area contributed by atoms with Crippen LogP contribution < -0.4 is 5.32 Å². The Kier molecular flexibility index (Phi) is 6.77. The second-order valence-electron chi connectivity index (χ2n) is 8.63. The first-order valence-electron chi connectivity index (χ1n) is 11.1. The van der Waals surface area contributed by atoms with Crippen LogP contribution in [0, 0.1) is 5.92 Å². The van der Waals surface area contributed by atoms with E-state index in [1.807, 2.05) is 44.2 Å². The number of carbonyl (C=O) groups is 1. The minimum atomic E-state index is 0.0194. The predicted molar refractivity (Wildman–Crippen MR) is 121 cm³/mol. The molecule has 1 atom stereocenters. The molecule has 3 aromatic rings. The van der Waals surface area contributed by atoms with E-state index in [9.17, 15) is 4.79 Å². The molecule has 162 valence electrons. The maximum atomic E-state index is 12.8. The van der Waals surface area contributed by atoms with Crippen molar-refractivity contribution in [3.05, 3.63) is 77.4 Å². The molecule has 6 nitrogen and oxygen atoms in total. The molecule has 0 radical (unpaired) electrons. The van der Waals surface area contributed by atoms with Gasteiger partial charge in [0.25, 0.3) is 0 Å². The van der Waals surface area contributed by atoms with E-state index in [2.05, 4.69) is 44.6 Å². The zero-order valence-corrected chi connectivity index (χ0v) is 18.3.